The molecule has 2 rings (SSSR count). The van der Waals surface area contributed by atoms with Crippen LogP contribution in [0.4, 0.5) is 5.69 Å². The number of nitro groups is 1. The zero-order valence-corrected chi connectivity index (χ0v) is 8.65. The van der Waals surface area contributed by atoms with Crippen LogP contribution in [0.2, 0.25) is 0 Å². The third kappa shape index (κ3) is 1.36. The van der Waals surface area contributed by atoms with Crippen LogP contribution in [0.1, 0.15) is 11.6 Å². The Hall–Kier alpha value is -1.14. The second kappa shape index (κ2) is 3.21. The predicted octanol–water partition coefficient (Wildman–Crippen LogP) is 1.75. The van der Waals surface area contributed by atoms with Crippen molar-refractivity contribution in [2.45, 2.75) is 6.04 Å². The first kappa shape index (κ1) is 9.42. The van der Waals surface area contributed by atoms with E-state index in [4.69, 9.17) is 10.5 Å². The maximum absolute atomic E-state index is 10.7. The maximum atomic E-state index is 10.7. The minimum Gasteiger partial charge on any atom is -0.491 e. The zero-order chi connectivity index (χ0) is 10.3. The molecule has 1 heterocycles. The molecule has 0 aliphatic carbocycles. The van der Waals surface area contributed by atoms with E-state index in [1.807, 2.05) is 0 Å². The molecule has 0 bridgehead atoms. The first-order valence-corrected chi connectivity index (χ1v) is 4.75. The van der Waals surface area contributed by atoms with Gasteiger partial charge in [-0.3, -0.25) is 10.1 Å². The van der Waals surface area contributed by atoms with Crippen molar-refractivity contribution in [1.82, 2.24) is 0 Å². The molecule has 14 heavy (non-hydrogen) atoms. The Bertz CT molecular complexity index is 408. The van der Waals surface area contributed by atoms with E-state index < -0.39 is 11.0 Å². The molecule has 6 heteroatoms. The molecule has 0 aromatic heterocycles. The topological polar surface area (TPSA) is 78.4 Å². The third-order valence-corrected chi connectivity index (χ3v) is 2.53. The molecule has 1 aromatic carbocycles. The van der Waals surface area contributed by atoms with E-state index in [2.05, 4.69) is 15.9 Å². The SMILES string of the molecule is NC1COc2cc(Br)cc([N+](=O)[O-])c21. The highest BCUT2D eigenvalue weighted by Crippen LogP contribution is 2.40. The van der Waals surface area contributed by atoms with Crippen molar-refractivity contribution in [2.75, 3.05) is 6.61 Å². The molecule has 5 nitrogen and oxygen atoms in total. The molecule has 2 N–H and O–H groups in total. The largest absolute Gasteiger partial charge is 0.491 e. The highest BCUT2D eigenvalue weighted by molar-refractivity contribution is 9.10. The number of benzene rings is 1. The molecular formula is C8H7BrN2O3. The van der Waals surface area contributed by atoms with Gasteiger partial charge in [0.15, 0.2) is 0 Å². The minimum atomic E-state index is -0.446. The number of nitrogens with zero attached hydrogens (tertiary/aromatic N) is 1. The maximum Gasteiger partial charge on any atom is 0.279 e. The normalized spacial score (nSPS) is 18.9. The van der Waals surface area contributed by atoms with E-state index in [1.165, 1.54) is 6.07 Å². The lowest BCUT2D eigenvalue weighted by atomic mass is 10.1. The van der Waals surface area contributed by atoms with Gasteiger partial charge in [-0.1, -0.05) is 15.9 Å². The van der Waals surface area contributed by atoms with Gasteiger partial charge in [-0.2, -0.15) is 0 Å². The van der Waals surface area contributed by atoms with Gasteiger partial charge < -0.3 is 10.5 Å². The van der Waals surface area contributed by atoms with Crippen molar-refractivity contribution in [3.63, 3.8) is 0 Å². The molecule has 0 spiro atoms. The number of nitrogens with two attached hydrogens (primary N) is 1. The van der Waals surface area contributed by atoms with E-state index in [9.17, 15) is 10.1 Å². The fourth-order valence-electron chi connectivity index (χ4n) is 1.49. The van der Waals surface area contributed by atoms with E-state index in [0.717, 1.165) is 0 Å². The van der Waals surface area contributed by atoms with E-state index >= 15 is 0 Å². The molecule has 1 unspecified atom stereocenters. The number of ether oxygens (including phenoxy) is 1. The smallest absolute Gasteiger partial charge is 0.279 e. The lowest BCUT2D eigenvalue weighted by Crippen LogP contribution is -2.12. The Balaban J connectivity index is 2.65. The van der Waals surface area contributed by atoms with Crippen molar-refractivity contribution in [3.05, 3.63) is 32.3 Å². The fraction of sp³-hybridized carbons (Fsp3) is 0.250. The molecule has 0 fully saturated rings. The number of hydrogen-bond donors (Lipinski definition) is 1. The summed E-state index contributed by atoms with van der Waals surface area (Å²) in [6.45, 7) is 0.298. The van der Waals surface area contributed by atoms with Gasteiger partial charge >= 0.3 is 0 Å². The molecule has 0 saturated carbocycles. The molecular weight excluding hydrogens is 252 g/mol. The molecule has 74 valence electrons. The van der Waals surface area contributed by atoms with Crippen molar-refractivity contribution in [2.24, 2.45) is 5.73 Å². The molecule has 0 amide bonds. The van der Waals surface area contributed by atoms with Crippen molar-refractivity contribution in [1.29, 1.82) is 0 Å². The molecule has 1 aliphatic heterocycles. The quantitative estimate of drug-likeness (QED) is 0.615. The second-order valence-electron chi connectivity index (χ2n) is 3.01. The highest BCUT2D eigenvalue weighted by Gasteiger charge is 2.30. The van der Waals surface area contributed by atoms with E-state index in [-0.39, 0.29) is 5.69 Å². The van der Waals surface area contributed by atoms with Crippen LogP contribution >= 0.6 is 15.9 Å². The van der Waals surface area contributed by atoms with Crippen LogP contribution in [0, 0.1) is 10.1 Å². The summed E-state index contributed by atoms with van der Waals surface area (Å²) in [5.74, 6) is 0.499. The fourth-order valence-corrected chi connectivity index (χ4v) is 1.91. The number of rotatable bonds is 1. The first-order chi connectivity index (χ1) is 6.59. The Kier molecular flexibility index (Phi) is 2.16. The van der Waals surface area contributed by atoms with Gasteiger partial charge in [-0.25, -0.2) is 0 Å². The lowest BCUT2D eigenvalue weighted by molar-refractivity contribution is -0.385. The summed E-state index contributed by atoms with van der Waals surface area (Å²) in [4.78, 5) is 10.3. The number of fused-ring (bicyclic) bond motifs is 1. The Morgan fingerprint density at radius 3 is 3.00 bits per heavy atom. The first-order valence-electron chi connectivity index (χ1n) is 3.96. The summed E-state index contributed by atoms with van der Waals surface area (Å²) in [6, 6.07) is 2.72. The standard InChI is InChI=1S/C8H7BrN2O3/c9-4-1-6(11(12)13)8-5(10)3-14-7(8)2-4/h1-2,5H,3,10H2. The van der Waals surface area contributed by atoms with Crippen LogP contribution < -0.4 is 10.5 Å². The van der Waals surface area contributed by atoms with Crippen molar-refractivity contribution in [3.8, 4) is 5.75 Å². The summed E-state index contributed by atoms with van der Waals surface area (Å²) in [6.07, 6.45) is 0. The van der Waals surface area contributed by atoms with Crippen molar-refractivity contribution >= 4 is 21.6 Å². The highest BCUT2D eigenvalue weighted by atomic mass is 79.9. The molecule has 1 atom stereocenters. The zero-order valence-electron chi connectivity index (χ0n) is 7.07. The third-order valence-electron chi connectivity index (χ3n) is 2.07. The van der Waals surface area contributed by atoms with Crippen LogP contribution in [0.5, 0.6) is 5.75 Å². The summed E-state index contributed by atoms with van der Waals surface area (Å²) < 4.78 is 5.85. The summed E-state index contributed by atoms with van der Waals surface area (Å²) >= 11 is 3.18. The molecule has 1 aromatic rings. The van der Waals surface area contributed by atoms with Crippen LogP contribution in [0.15, 0.2) is 16.6 Å². The Morgan fingerprint density at radius 1 is 1.64 bits per heavy atom. The van der Waals surface area contributed by atoms with Gasteiger partial charge in [-0.05, 0) is 6.07 Å². The van der Waals surface area contributed by atoms with Crippen LogP contribution in [-0.4, -0.2) is 11.5 Å². The van der Waals surface area contributed by atoms with Crippen LogP contribution in [-0.2, 0) is 0 Å². The predicted molar refractivity (Wildman–Crippen MR) is 53.2 cm³/mol. The van der Waals surface area contributed by atoms with Crippen molar-refractivity contribution < 1.29 is 9.66 Å². The summed E-state index contributed by atoms with van der Waals surface area (Å²) in [5, 5.41) is 10.7. The Morgan fingerprint density at radius 2 is 2.36 bits per heavy atom. The van der Waals surface area contributed by atoms with Gasteiger partial charge in [0.05, 0.1) is 16.5 Å². The van der Waals surface area contributed by atoms with E-state index in [0.29, 0.717) is 22.4 Å². The van der Waals surface area contributed by atoms with Gasteiger partial charge in [0.1, 0.15) is 12.4 Å². The average molecular weight is 259 g/mol. The number of hydrogen-bond acceptors (Lipinski definition) is 4. The van der Waals surface area contributed by atoms with Gasteiger partial charge in [-0.15, -0.1) is 0 Å². The minimum absolute atomic E-state index is 0.0133. The summed E-state index contributed by atoms with van der Waals surface area (Å²) in [7, 11) is 0. The average Bonchev–Trinajstić information content (AvgIpc) is 2.46. The van der Waals surface area contributed by atoms with Gasteiger partial charge in [0.25, 0.3) is 5.69 Å². The lowest BCUT2D eigenvalue weighted by Gasteiger charge is -2.02. The van der Waals surface area contributed by atoms with Gasteiger partial charge in [0.2, 0.25) is 0 Å². The van der Waals surface area contributed by atoms with E-state index in [1.54, 1.807) is 6.07 Å². The second-order valence-corrected chi connectivity index (χ2v) is 3.93. The number of halogens is 1. The van der Waals surface area contributed by atoms with Gasteiger partial charge in [0, 0.05) is 10.5 Å². The van der Waals surface area contributed by atoms with Crippen LogP contribution in [0.3, 0.4) is 0 Å². The van der Waals surface area contributed by atoms with Crippen LogP contribution in [0.25, 0.3) is 0 Å². The molecule has 0 radical (unpaired) electrons. The monoisotopic (exact) mass is 258 g/mol. The number of nitro benzene ring substituents is 1. The summed E-state index contributed by atoms with van der Waals surface area (Å²) in [5.41, 5.74) is 6.19. The molecule has 0 saturated heterocycles. The Labute approximate surface area is 88.1 Å². The molecule has 1 aliphatic rings.